The number of furan rings is 1. The number of para-hydroxylation sites is 2. The molecule has 1 aromatic carbocycles. The molecule has 20 heavy (non-hydrogen) atoms. The van der Waals surface area contributed by atoms with Crippen LogP contribution in [0.25, 0.3) is 11.0 Å². The van der Waals surface area contributed by atoms with E-state index in [4.69, 9.17) is 4.42 Å². The number of benzene rings is 1. The van der Waals surface area contributed by atoms with Crippen molar-refractivity contribution >= 4 is 16.8 Å². The third-order valence-electron chi connectivity index (χ3n) is 3.13. The molecule has 0 atom stereocenters. The molecule has 0 aliphatic rings. The van der Waals surface area contributed by atoms with Gasteiger partial charge < -0.3 is 14.4 Å². The number of fused-ring (bicyclic) bond motifs is 1. The molecule has 6 heteroatoms. The predicted octanol–water partition coefficient (Wildman–Crippen LogP) is 2.03. The third kappa shape index (κ3) is 1.62. The fourth-order valence-electron chi connectivity index (χ4n) is 2.13. The van der Waals surface area contributed by atoms with E-state index in [0.717, 1.165) is 0 Å². The van der Waals surface area contributed by atoms with Crippen molar-refractivity contribution in [1.29, 1.82) is 0 Å². The lowest BCUT2D eigenvalue weighted by Crippen LogP contribution is -2.30. The lowest BCUT2D eigenvalue weighted by atomic mass is 10.1. The average molecular weight is 270 g/mol. The van der Waals surface area contributed by atoms with Crippen LogP contribution >= 0.6 is 0 Å². The first-order chi connectivity index (χ1) is 9.61. The summed E-state index contributed by atoms with van der Waals surface area (Å²) in [5.74, 6) is -0.592. The highest BCUT2D eigenvalue weighted by Gasteiger charge is 2.29. The zero-order valence-corrected chi connectivity index (χ0v) is 10.6. The maximum atomic E-state index is 12.3. The van der Waals surface area contributed by atoms with E-state index in [2.05, 4.69) is 0 Å². The molecule has 0 aliphatic carbocycles. The Morgan fingerprint density at radius 3 is 2.70 bits per heavy atom. The Bertz CT molecular complexity index is 863. The number of carbonyl (C=O) groups is 1. The average Bonchev–Trinajstić information content (AvgIpc) is 2.99. The smallest absolute Gasteiger partial charge is 0.333 e. The second-order valence-electron chi connectivity index (χ2n) is 4.32. The van der Waals surface area contributed by atoms with Gasteiger partial charge >= 0.3 is 5.69 Å². The minimum atomic E-state index is -0.613. The second kappa shape index (κ2) is 4.34. The van der Waals surface area contributed by atoms with E-state index in [0.29, 0.717) is 9.16 Å². The first kappa shape index (κ1) is 12.2. The molecule has 0 N–H and O–H groups in total. The summed E-state index contributed by atoms with van der Waals surface area (Å²) in [7, 11) is 0. The van der Waals surface area contributed by atoms with E-state index in [9.17, 15) is 14.9 Å². The molecule has 0 spiro atoms. The van der Waals surface area contributed by atoms with Crippen molar-refractivity contribution < 1.29 is 13.6 Å². The Kier molecular flexibility index (Phi) is 2.64. The van der Waals surface area contributed by atoms with E-state index >= 15 is 0 Å². The number of hydrogen-bond donors (Lipinski definition) is 0. The lowest BCUT2D eigenvalue weighted by Gasteiger charge is -2.15. The van der Waals surface area contributed by atoms with Crippen molar-refractivity contribution in [1.82, 2.24) is 4.73 Å². The molecule has 2 heterocycles. The molecule has 0 radical (unpaired) electrons. The number of rotatable bonds is 2. The number of ketones is 1. The van der Waals surface area contributed by atoms with Gasteiger partial charge in [0.2, 0.25) is 0 Å². The fourth-order valence-corrected chi connectivity index (χ4v) is 2.13. The van der Waals surface area contributed by atoms with Crippen LogP contribution in [0.3, 0.4) is 0 Å². The maximum absolute atomic E-state index is 12.3. The summed E-state index contributed by atoms with van der Waals surface area (Å²) >= 11 is 0. The summed E-state index contributed by atoms with van der Waals surface area (Å²) in [6.07, 6.45) is 1.34. The molecule has 0 saturated carbocycles. The van der Waals surface area contributed by atoms with Crippen LogP contribution in [-0.4, -0.2) is 10.5 Å². The van der Waals surface area contributed by atoms with Crippen molar-refractivity contribution in [2.24, 2.45) is 0 Å². The van der Waals surface area contributed by atoms with Crippen LogP contribution in [0.15, 0.2) is 47.1 Å². The Balaban J connectivity index is 2.37. The van der Waals surface area contributed by atoms with Gasteiger partial charge in [0.1, 0.15) is 5.52 Å². The van der Waals surface area contributed by atoms with Crippen molar-refractivity contribution in [2.45, 2.75) is 6.92 Å². The monoisotopic (exact) mass is 270 g/mol. The minimum absolute atomic E-state index is 0.0213. The zero-order chi connectivity index (χ0) is 14.3. The van der Waals surface area contributed by atoms with Gasteiger partial charge in [-0.05, 0) is 25.1 Å². The molecule has 0 fully saturated rings. The Labute approximate surface area is 113 Å². The molecule has 100 valence electrons. The van der Waals surface area contributed by atoms with Gasteiger partial charge in [-0.15, -0.1) is 0 Å². The number of nitrogens with zero attached hydrogens (tertiary/aromatic N) is 2. The molecule has 0 saturated heterocycles. The predicted molar refractivity (Wildman–Crippen MR) is 70.9 cm³/mol. The molecule has 3 aromatic rings. The van der Waals surface area contributed by atoms with Crippen molar-refractivity contribution in [3.63, 3.8) is 0 Å². The summed E-state index contributed by atoms with van der Waals surface area (Å²) in [6.45, 7) is 1.43. The summed E-state index contributed by atoms with van der Waals surface area (Å²) < 4.78 is 6.06. The largest absolute Gasteiger partial charge is 0.805 e. The molecule has 2 aromatic heterocycles. The molecule has 0 aliphatic heterocycles. The van der Waals surface area contributed by atoms with Crippen LogP contribution in [0.4, 0.5) is 0 Å². The van der Waals surface area contributed by atoms with E-state index in [1.54, 1.807) is 18.2 Å². The Hall–Kier alpha value is -2.89. The molecule has 6 nitrogen and oxygen atoms in total. The maximum Gasteiger partial charge on any atom is 0.333 e. The van der Waals surface area contributed by atoms with Crippen LogP contribution in [0.2, 0.25) is 0 Å². The van der Waals surface area contributed by atoms with Gasteiger partial charge in [0.15, 0.2) is 5.76 Å². The zero-order valence-electron chi connectivity index (χ0n) is 10.6. The highest BCUT2D eigenvalue weighted by Crippen LogP contribution is 2.16. The van der Waals surface area contributed by atoms with Gasteiger partial charge in [0.25, 0.3) is 11.3 Å². The van der Waals surface area contributed by atoms with Crippen molar-refractivity contribution in [3.8, 4) is 0 Å². The van der Waals surface area contributed by atoms with Crippen molar-refractivity contribution in [3.05, 3.63) is 69.9 Å². The topological polar surface area (TPSA) is 81.2 Å². The molecule has 3 rings (SSSR count). The SMILES string of the molecule is Cc1c(C(=O)c2ccco2)[n+](=O)c2ccccc2n1[O-]. The quantitative estimate of drug-likeness (QED) is 0.527. The van der Waals surface area contributed by atoms with Crippen LogP contribution in [0.5, 0.6) is 0 Å². The lowest BCUT2D eigenvalue weighted by molar-refractivity contribution is -0.468. The Morgan fingerprint density at radius 2 is 2.00 bits per heavy atom. The van der Waals surface area contributed by atoms with Gasteiger partial charge in [0.05, 0.1) is 16.4 Å². The molecule has 0 amide bonds. The first-order valence-electron chi connectivity index (χ1n) is 5.94. The highest BCUT2D eigenvalue weighted by atomic mass is 16.5. The van der Waals surface area contributed by atoms with E-state index < -0.39 is 5.78 Å². The van der Waals surface area contributed by atoms with E-state index in [-0.39, 0.29) is 28.2 Å². The number of carbonyl (C=O) groups excluding carboxylic acids is 1. The molecule has 0 unspecified atom stereocenters. The van der Waals surface area contributed by atoms with Crippen LogP contribution in [0.1, 0.15) is 21.9 Å². The van der Waals surface area contributed by atoms with Crippen LogP contribution in [-0.2, 0) is 0 Å². The minimum Gasteiger partial charge on any atom is -0.805 e. The van der Waals surface area contributed by atoms with Crippen molar-refractivity contribution in [2.75, 3.05) is 0 Å². The molecule has 0 bridgehead atoms. The first-order valence-corrected chi connectivity index (χ1v) is 5.94. The summed E-state index contributed by atoms with van der Waals surface area (Å²) in [5.41, 5.74) is 0.174. The fraction of sp³-hybridized carbons (Fsp3) is 0.0714. The van der Waals surface area contributed by atoms with Gasteiger partial charge in [-0.2, -0.15) is 0 Å². The third-order valence-corrected chi connectivity index (χ3v) is 3.13. The Morgan fingerprint density at radius 1 is 1.25 bits per heavy atom. The highest BCUT2D eigenvalue weighted by molar-refractivity contribution is 6.05. The van der Waals surface area contributed by atoms with Gasteiger partial charge in [0, 0.05) is 11.0 Å². The standard InChI is InChI=1S/C14H10N2O4/c1-9-13(14(17)12-7-4-8-20-12)16(19)11-6-3-2-5-10(11)15(9)18/h2-8H,1H3. The molecular weight excluding hydrogens is 260 g/mol. The van der Waals surface area contributed by atoms with Gasteiger partial charge in [-0.3, -0.25) is 4.79 Å². The van der Waals surface area contributed by atoms with Crippen LogP contribution in [0, 0.1) is 17.0 Å². The van der Waals surface area contributed by atoms with Crippen LogP contribution < -0.4 is 4.43 Å². The van der Waals surface area contributed by atoms with E-state index in [1.165, 1.54) is 31.4 Å². The van der Waals surface area contributed by atoms with Gasteiger partial charge in [-0.1, -0.05) is 12.1 Å². The van der Waals surface area contributed by atoms with E-state index in [1.807, 2.05) is 0 Å². The van der Waals surface area contributed by atoms with Gasteiger partial charge in [-0.25, -0.2) is 0 Å². The second-order valence-corrected chi connectivity index (χ2v) is 4.32. The summed E-state index contributed by atoms with van der Waals surface area (Å²) in [6, 6.07) is 9.31. The number of hydrogen-bond acceptors (Lipinski definition) is 4. The normalized spacial score (nSPS) is 10.8. The number of aromatic nitrogens is 2. The molecular formula is C14H10N2O4. The summed E-state index contributed by atoms with van der Waals surface area (Å²) in [4.78, 5) is 24.6. The summed E-state index contributed by atoms with van der Waals surface area (Å²) in [5, 5.41) is 12.2.